The Balaban J connectivity index is 2.41. The lowest BCUT2D eigenvalue weighted by molar-refractivity contribution is 0.307. The zero-order valence-electron chi connectivity index (χ0n) is 9.03. The summed E-state index contributed by atoms with van der Waals surface area (Å²) in [6, 6.07) is 5.94. The second-order valence-electron chi connectivity index (χ2n) is 3.42. The van der Waals surface area contributed by atoms with Crippen molar-refractivity contribution in [3.63, 3.8) is 0 Å². The fourth-order valence-corrected chi connectivity index (χ4v) is 1.10. The molecule has 0 aliphatic heterocycles. The van der Waals surface area contributed by atoms with E-state index in [-0.39, 0.29) is 0 Å². The van der Waals surface area contributed by atoms with Crippen LogP contribution in [-0.2, 0) is 0 Å². The summed E-state index contributed by atoms with van der Waals surface area (Å²) in [6.07, 6.45) is 1.58. The van der Waals surface area contributed by atoms with E-state index in [1.165, 1.54) is 0 Å². The van der Waals surface area contributed by atoms with Crippen LogP contribution in [-0.4, -0.2) is 24.2 Å². The average Bonchev–Trinajstić information content (AvgIpc) is 2.24. The monoisotopic (exact) mass is 205 g/mol. The van der Waals surface area contributed by atoms with E-state index in [9.17, 15) is 0 Å². The van der Waals surface area contributed by atoms with Crippen molar-refractivity contribution in [1.29, 1.82) is 5.26 Å². The summed E-state index contributed by atoms with van der Waals surface area (Å²) < 4.78 is 5.43. The van der Waals surface area contributed by atoms with Crippen molar-refractivity contribution in [2.75, 3.05) is 13.2 Å². The van der Waals surface area contributed by atoms with E-state index in [1.54, 1.807) is 18.3 Å². The summed E-state index contributed by atoms with van der Waals surface area (Å²) >= 11 is 0. The molecule has 0 saturated carbocycles. The Labute approximate surface area is 89.9 Å². The lowest BCUT2D eigenvalue weighted by Gasteiger charge is -2.09. The van der Waals surface area contributed by atoms with Crippen LogP contribution in [0.25, 0.3) is 0 Å². The minimum atomic E-state index is 0.335. The van der Waals surface area contributed by atoms with Crippen LogP contribution in [0.3, 0.4) is 0 Å². The van der Waals surface area contributed by atoms with Gasteiger partial charge in [0.05, 0.1) is 0 Å². The van der Waals surface area contributed by atoms with Gasteiger partial charge in [0.15, 0.2) is 11.4 Å². The molecule has 1 N–H and O–H groups in total. The number of ether oxygens (including phenoxy) is 1. The smallest absolute Gasteiger partial charge is 0.182 e. The van der Waals surface area contributed by atoms with Crippen molar-refractivity contribution in [2.45, 2.75) is 19.9 Å². The summed E-state index contributed by atoms with van der Waals surface area (Å²) in [5, 5.41) is 12.0. The van der Waals surface area contributed by atoms with Crippen molar-refractivity contribution in [3.05, 3.63) is 24.0 Å². The molecule has 0 bridgehead atoms. The molecule has 0 unspecified atom stereocenters. The highest BCUT2D eigenvalue weighted by molar-refractivity contribution is 5.36. The van der Waals surface area contributed by atoms with Crippen LogP contribution in [0.5, 0.6) is 5.75 Å². The number of hydrogen-bond acceptors (Lipinski definition) is 4. The van der Waals surface area contributed by atoms with Gasteiger partial charge < -0.3 is 10.1 Å². The molecule has 15 heavy (non-hydrogen) atoms. The van der Waals surface area contributed by atoms with Crippen LogP contribution >= 0.6 is 0 Å². The van der Waals surface area contributed by atoms with Gasteiger partial charge in [0.2, 0.25) is 0 Å². The quantitative estimate of drug-likeness (QED) is 0.737. The molecule has 0 saturated heterocycles. The van der Waals surface area contributed by atoms with Crippen molar-refractivity contribution in [2.24, 2.45) is 0 Å². The molecule has 80 valence electrons. The Kier molecular flexibility index (Phi) is 4.58. The van der Waals surface area contributed by atoms with Gasteiger partial charge in [0.1, 0.15) is 12.7 Å². The Morgan fingerprint density at radius 3 is 3.07 bits per heavy atom. The maximum Gasteiger partial charge on any atom is 0.182 e. The number of nitrogens with one attached hydrogen (secondary N) is 1. The van der Waals surface area contributed by atoms with Crippen LogP contribution in [0.15, 0.2) is 18.3 Å². The minimum absolute atomic E-state index is 0.335. The predicted molar refractivity (Wildman–Crippen MR) is 57.6 cm³/mol. The van der Waals surface area contributed by atoms with Crippen molar-refractivity contribution in [3.8, 4) is 11.8 Å². The van der Waals surface area contributed by atoms with Gasteiger partial charge in [-0.15, -0.1) is 0 Å². The molecule has 0 aliphatic rings. The molecular weight excluding hydrogens is 190 g/mol. The van der Waals surface area contributed by atoms with E-state index in [0.29, 0.717) is 24.1 Å². The molecule has 4 nitrogen and oxygen atoms in total. The zero-order valence-corrected chi connectivity index (χ0v) is 9.03. The van der Waals surface area contributed by atoms with E-state index >= 15 is 0 Å². The maximum absolute atomic E-state index is 8.76. The first-order chi connectivity index (χ1) is 7.24. The van der Waals surface area contributed by atoms with E-state index in [4.69, 9.17) is 10.00 Å². The molecule has 1 aromatic heterocycles. The van der Waals surface area contributed by atoms with E-state index in [1.807, 2.05) is 6.07 Å². The normalized spacial score (nSPS) is 10.0. The van der Waals surface area contributed by atoms with Gasteiger partial charge >= 0.3 is 0 Å². The Morgan fingerprint density at radius 1 is 1.60 bits per heavy atom. The van der Waals surface area contributed by atoms with Crippen molar-refractivity contribution >= 4 is 0 Å². The average molecular weight is 205 g/mol. The maximum atomic E-state index is 8.76. The van der Waals surface area contributed by atoms with Gasteiger partial charge in [-0.2, -0.15) is 5.26 Å². The standard InChI is InChI=1S/C11H15N3O/c1-9(2)13-6-7-15-11-4-3-5-14-10(11)8-12/h3-5,9,13H,6-7H2,1-2H3. The highest BCUT2D eigenvalue weighted by Gasteiger charge is 2.02. The SMILES string of the molecule is CC(C)NCCOc1cccnc1C#N. The van der Waals surface area contributed by atoms with Crippen molar-refractivity contribution in [1.82, 2.24) is 10.3 Å². The first-order valence-electron chi connectivity index (χ1n) is 4.95. The second-order valence-corrected chi connectivity index (χ2v) is 3.42. The molecule has 4 heteroatoms. The zero-order chi connectivity index (χ0) is 11.1. The van der Waals surface area contributed by atoms with E-state index in [2.05, 4.69) is 24.1 Å². The summed E-state index contributed by atoms with van der Waals surface area (Å²) in [7, 11) is 0. The van der Waals surface area contributed by atoms with Crippen LogP contribution in [0.4, 0.5) is 0 Å². The minimum Gasteiger partial charge on any atom is -0.489 e. The van der Waals surface area contributed by atoms with Gasteiger partial charge in [-0.1, -0.05) is 13.8 Å². The van der Waals surface area contributed by atoms with Gasteiger partial charge in [0, 0.05) is 18.8 Å². The Bertz CT molecular complexity index is 344. The molecule has 1 aromatic rings. The molecule has 1 heterocycles. The van der Waals surface area contributed by atoms with Gasteiger partial charge in [-0.25, -0.2) is 4.98 Å². The summed E-state index contributed by atoms with van der Waals surface area (Å²) in [5.41, 5.74) is 0.335. The van der Waals surface area contributed by atoms with Gasteiger partial charge in [-0.3, -0.25) is 0 Å². The summed E-state index contributed by atoms with van der Waals surface area (Å²) in [6.45, 7) is 5.45. The lowest BCUT2D eigenvalue weighted by Crippen LogP contribution is -2.27. The predicted octanol–water partition coefficient (Wildman–Crippen LogP) is 1.33. The molecule has 1 rings (SSSR count). The number of rotatable bonds is 5. The molecule has 0 amide bonds. The Hall–Kier alpha value is -1.60. The lowest BCUT2D eigenvalue weighted by atomic mass is 10.3. The highest BCUT2D eigenvalue weighted by Crippen LogP contribution is 2.13. The third kappa shape index (κ3) is 3.96. The molecule has 0 atom stereocenters. The van der Waals surface area contributed by atoms with Gasteiger partial charge in [0.25, 0.3) is 0 Å². The fourth-order valence-electron chi connectivity index (χ4n) is 1.10. The number of hydrogen-bond donors (Lipinski definition) is 1. The molecule has 0 aromatic carbocycles. The molecule has 0 fully saturated rings. The first kappa shape index (κ1) is 11.5. The fraction of sp³-hybridized carbons (Fsp3) is 0.455. The third-order valence-electron chi connectivity index (χ3n) is 1.79. The number of pyridine rings is 1. The Morgan fingerprint density at radius 2 is 2.40 bits per heavy atom. The second kappa shape index (κ2) is 5.99. The number of aromatic nitrogens is 1. The third-order valence-corrected chi connectivity index (χ3v) is 1.79. The molecule has 0 radical (unpaired) electrons. The number of nitriles is 1. The van der Waals surface area contributed by atoms with Crippen LogP contribution in [0.1, 0.15) is 19.5 Å². The number of nitrogens with zero attached hydrogens (tertiary/aromatic N) is 2. The van der Waals surface area contributed by atoms with Crippen LogP contribution < -0.4 is 10.1 Å². The topological polar surface area (TPSA) is 57.9 Å². The van der Waals surface area contributed by atoms with Gasteiger partial charge in [-0.05, 0) is 12.1 Å². The first-order valence-corrected chi connectivity index (χ1v) is 4.95. The van der Waals surface area contributed by atoms with E-state index < -0.39 is 0 Å². The largest absolute Gasteiger partial charge is 0.489 e. The molecular formula is C11H15N3O. The summed E-state index contributed by atoms with van der Waals surface area (Å²) in [5.74, 6) is 0.547. The highest BCUT2D eigenvalue weighted by atomic mass is 16.5. The van der Waals surface area contributed by atoms with Crippen LogP contribution in [0.2, 0.25) is 0 Å². The van der Waals surface area contributed by atoms with Crippen LogP contribution in [0, 0.1) is 11.3 Å². The molecule has 0 aliphatic carbocycles. The van der Waals surface area contributed by atoms with Crippen molar-refractivity contribution < 1.29 is 4.74 Å². The van der Waals surface area contributed by atoms with E-state index in [0.717, 1.165) is 6.54 Å². The molecule has 0 spiro atoms. The summed E-state index contributed by atoms with van der Waals surface area (Å²) in [4.78, 5) is 3.90.